The molecule has 1 N–H and O–H groups in total. The van der Waals surface area contributed by atoms with E-state index in [0.717, 1.165) is 19.5 Å². The molecule has 0 fully saturated rings. The molecule has 0 aliphatic heterocycles. The molecule has 0 unspecified atom stereocenters. The quantitative estimate of drug-likeness (QED) is 0.158. The Morgan fingerprint density at radius 2 is 1.12 bits per heavy atom. The lowest BCUT2D eigenvalue weighted by Gasteiger charge is -2.45. The number of nitrogens with zero attached hydrogens (tertiary/aromatic N) is 1. The molecule has 3 nitrogen and oxygen atoms in total. The number of carbonyl (C=O) groups is 1. The van der Waals surface area contributed by atoms with E-state index in [1.54, 1.807) is 0 Å². The summed E-state index contributed by atoms with van der Waals surface area (Å²) in [5.41, 5.74) is 0.143. The van der Waals surface area contributed by atoms with Crippen LogP contribution in [0.1, 0.15) is 145 Å². The lowest BCUT2D eigenvalue weighted by atomic mass is 9.95. The van der Waals surface area contributed by atoms with Gasteiger partial charge < -0.3 is 5.32 Å². The number of unbranched alkanes of at least 4 members (excludes halogenated alkanes) is 12. The molecule has 0 saturated heterocycles. The molecule has 0 aliphatic carbocycles. The van der Waals surface area contributed by atoms with Crippen LogP contribution in [0.25, 0.3) is 0 Å². The minimum absolute atomic E-state index is 0.0716. The zero-order valence-corrected chi connectivity index (χ0v) is 23.0. The molecule has 0 radical (unpaired) electrons. The Labute approximate surface area is 202 Å². The van der Waals surface area contributed by atoms with Gasteiger partial charge in [-0.05, 0) is 73.6 Å². The van der Waals surface area contributed by atoms with Crippen molar-refractivity contribution < 1.29 is 4.79 Å². The summed E-state index contributed by atoms with van der Waals surface area (Å²) in [7, 11) is 0. The van der Waals surface area contributed by atoms with E-state index in [1.165, 1.54) is 83.5 Å². The van der Waals surface area contributed by atoms with Crippen molar-refractivity contribution in [1.29, 1.82) is 0 Å². The Balaban J connectivity index is 3.55. The number of nitrogens with one attached hydrogen (secondary N) is 1. The molecule has 190 valence electrons. The largest absolute Gasteiger partial charge is 0.356 e. The molecular weight excluding hydrogens is 392 g/mol. The van der Waals surface area contributed by atoms with Crippen LogP contribution in [0.15, 0.2) is 12.2 Å². The van der Waals surface area contributed by atoms with Gasteiger partial charge in [0.15, 0.2) is 0 Å². The highest BCUT2D eigenvalue weighted by atomic mass is 16.1. The van der Waals surface area contributed by atoms with Crippen molar-refractivity contribution in [3.63, 3.8) is 0 Å². The Morgan fingerprint density at radius 1 is 0.688 bits per heavy atom. The minimum Gasteiger partial charge on any atom is -0.356 e. The van der Waals surface area contributed by atoms with Crippen LogP contribution in [-0.4, -0.2) is 35.0 Å². The number of hydrogen-bond acceptors (Lipinski definition) is 2. The molecule has 0 atom stereocenters. The molecule has 1 amide bonds. The number of amides is 1. The van der Waals surface area contributed by atoms with Crippen molar-refractivity contribution in [1.82, 2.24) is 10.2 Å². The first kappa shape index (κ1) is 31.2. The topological polar surface area (TPSA) is 32.3 Å². The molecule has 0 bridgehead atoms. The van der Waals surface area contributed by atoms with E-state index in [2.05, 4.69) is 70.8 Å². The van der Waals surface area contributed by atoms with E-state index in [4.69, 9.17) is 0 Å². The van der Waals surface area contributed by atoms with Gasteiger partial charge in [-0.2, -0.15) is 0 Å². The van der Waals surface area contributed by atoms with Gasteiger partial charge in [-0.3, -0.25) is 9.69 Å². The highest BCUT2D eigenvalue weighted by Gasteiger charge is 2.31. The van der Waals surface area contributed by atoms with Gasteiger partial charge in [0.05, 0.1) is 0 Å². The second-order valence-electron chi connectivity index (χ2n) is 11.5. The summed E-state index contributed by atoms with van der Waals surface area (Å²) < 4.78 is 0. The molecule has 0 rings (SSSR count). The standard InChI is InChI=1S/C29H58N2O/c1-8-9-10-11-12-13-14-15-16-17-18-19-20-21-22-23-25-30-27(32)24-26-31(28(2,3)4)29(5,6)7/h15-16H,8-14,17-26H2,1-7H3,(H,30,32). The van der Waals surface area contributed by atoms with E-state index in [1.807, 2.05) is 0 Å². The summed E-state index contributed by atoms with van der Waals surface area (Å²) in [6, 6.07) is 0. The molecule has 0 aromatic carbocycles. The van der Waals surface area contributed by atoms with E-state index < -0.39 is 0 Å². The summed E-state index contributed by atoms with van der Waals surface area (Å²) in [5, 5.41) is 3.12. The minimum atomic E-state index is 0.0716. The zero-order chi connectivity index (χ0) is 24.3. The summed E-state index contributed by atoms with van der Waals surface area (Å²) in [5.74, 6) is 0.191. The maximum atomic E-state index is 12.2. The fraction of sp³-hybridized carbons (Fsp3) is 0.897. The third kappa shape index (κ3) is 18.7. The summed E-state index contributed by atoms with van der Waals surface area (Å²) in [6.07, 6.45) is 23.8. The normalized spacial score (nSPS) is 12.8. The van der Waals surface area contributed by atoms with E-state index in [0.29, 0.717) is 6.42 Å². The predicted octanol–water partition coefficient (Wildman–Crippen LogP) is 8.43. The third-order valence-corrected chi connectivity index (χ3v) is 6.19. The maximum Gasteiger partial charge on any atom is 0.221 e. The monoisotopic (exact) mass is 450 g/mol. The first-order valence-corrected chi connectivity index (χ1v) is 13.8. The van der Waals surface area contributed by atoms with Gasteiger partial charge in [0.25, 0.3) is 0 Å². The molecule has 0 spiro atoms. The van der Waals surface area contributed by atoms with Crippen LogP contribution < -0.4 is 5.32 Å². The van der Waals surface area contributed by atoms with Crippen LogP contribution in [0, 0.1) is 0 Å². The summed E-state index contributed by atoms with van der Waals surface area (Å²) in [6.45, 7) is 17.3. The van der Waals surface area contributed by atoms with Crippen molar-refractivity contribution in [3.8, 4) is 0 Å². The van der Waals surface area contributed by atoms with Crippen molar-refractivity contribution in [2.24, 2.45) is 0 Å². The Kier molecular flexibility index (Phi) is 18.1. The fourth-order valence-electron chi connectivity index (χ4n) is 4.58. The van der Waals surface area contributed by atoms with Crippen LogP contribution in [0.4, 0.5) is 0 Å². The molecule has 0 saturated carbocycles. The lowest BCUT2D eigenvalue weighted by Crippen LogP contribution is -2.53. The van der Waals surface area contributed by atoms with Gasteiger partial charge >= 0.3 is 0 Å². The number of allylic oxidation sites excluding steroid dienone is 2. The molecule has 0 aromatic heterocycles. The molecule has 0 aromatic rings. The average molecular weight is 451 g/mol. The van der Waals surface area contributed by atoms with Crippen LogP contribution in [0.3, 0.4) is 0 Å². The molecule has 0 aliphatic rings. The third-order valence-electron chi connectivity index (χ3n) is 6.19. The first-order valence-electron chi connectivity index (χ1n) is 13.8. The average Bonchev–Trinajstić information content (AvgIpc) is 2.68. The highest BCUT2D eigenvalue weighted by molar-refractivity contribution is 5.76. The number of rotatable bonds is 19. The van der Waals surface area contributed by atoms with Gasteiger partial charge in [0.2, 0.25) is 5.91 Å². The van der Waals surface area contributed by atoms with Gasteiger partial charge in [-0.25, -0.2) is 0 Å². The number of hydrogen-bond donors (Lipinski definition) is 1. The molecule has 32 heavy (non-hydrogen) atoms. The van der Waals surface area contributed by atoms with Crippen molar-refractivity contribution in [2.75, 3.05) is 13.1 Å². The van der Waals surface area contributed by atoms with Gasteiger partial charge in [0, 0.05) is 30.6 Å². The Bertz CT molecular complexity index is 457. The van der Waals surface area contributed by atoms with Crippen molar-refractivity contribution in [3.05, 3.63) is 12.2 Å². The Morgan fingerprint density at radius 3 is 1.59 bits per heavy atom. The fourth-order valence-corrected chi connectivity index (χ4v) is 4.58. The summed E-state index contributed by atoms with van der Waals surface area (Å²) in [4.78, 5) is 14.6. The molecular formula is C29H58N2O. The van der Waals surface area contributed by atoms with Gasteiger partial charge in [-0.1, -0.05) is 76.9 Å². The first-order chi connectivity index (χ1) is 15.1. The van der Waals surface area contributed by atoms with E-state index in [9.17, 15) is 4.79 Å². The highest BCUT2D eigenvalue weighted by Crippen LogP contribution is 2.24. The number of carbonyl (C=O) groups excluding carboxylic acids is 1. The van der Waals surface area contributed by atoms with E-state index >= 15 is 0 Å². The van der Waals surface area contributed by atoms with E-state index in [-0.39, 0.29) is 17.0 Å². The van der Waals surface area contributed by atoms with Crippen molar-refractivity contribution in [2.45, 2.75) is 156 Å². The predicted molar refractivity (Wildman–Crippen MR) is 143 cm³/mol. The van der Waals surface area contributed by atoms with Crippen LogP contribution in [0.2, 0.25) is 0 Å². The molecule has 3 heteroatoms. The molecule has 0 heterocycles. The zero-order valence-electron chi connectivity index (χ0n) is 23.0. The summed E-state index contributed by atoms with van der Waals surface area (Å²) >= 11 is 0. The SMILES string of the molecule is CCCCCCCCC=CCCCCCCCCNC(=O)CCN(C(C)(C)C)C(C)(C)C. The Hall–Kier alpha value is -0.830. The maximum absolute atomic E-state index is 12.2. The second-order valence-corrected chi connectivity index (χ2v) is 11.5. The van der Waals surface area contributed by atoms with Crippen LogP contribution in [0.5, 0.6) is 0 Å². The van der Waals surface area contributed by atoms with Crippen LogP contribution >= 0.6 is 0 Å². The van der Waals surface area contributed by atoms with Crippen molar-refractivity contribution >= 4 is 5.91 Å². The van der Waals surface area contributed by atoms with Gasteiger partial charge in [0.1, 0.15) is 0 Å². The van der Waals surface area contributed by atoms with Gasteiger partial charge in [-0.15, -0.1) is 0 Å². The second kappa shape index (κ2) is 18.6. The lowest BCUT2D eigenvalue weighted by molar-refractivity contribution is -0.122. The smallest absolute Gasteiger partial charge is 0.221 e. The van der Waals surface area contributed by atoms with Crippen LogP contribution in [-0.2, 0) is 4.79 Å².